The van der Waals surface area contributed by atoms with Crippen LogP contribution in [0.15, 0.2) is 46.9 Å². The number of halogens is 2. The zero-order valence-corrected chi connectivity index (χ0v) is 10.6. The van der Waals surface area contributed by atoms with Gasteiger partial charge in [-0.1, -0.05) is 12.1 Å². The first-order valence-corrected chi connectivity index (χ1v) is 5.91. The highest BCUT2D eigenvalue weighted by Gasteiger charge is 2.07. The third-order valence-corrected chi connectivity index (χ3v) is 2.95. The smallest absolute Gasteiger partial charge is 0.141 e. The van der Waals surface area contributed by atoms with Crippen molar-refractivity contribution in [2.45, 2.75) is 6.54 Å². The molecular formula is C13H11BrFNO. The molecule has 0 saturated carbocycles. The Morgan fingerprint density at radius 3 is 2.59 bits per heavy atom. The zero-order chi connectivity index (χ0) is 12.3. The van der Waals surface area contributed by atoms with E-state index >= 15 is 0 Å². The van der Waals surface area contributed by atoms with Crippen molar-refractivity contribution in [1.29, 1.82) is 0 Å². The minimum atomic E-state index is -0.315. The summed E-state index contributed by atoms with van der Waals surface area (Å²) >= 11 is 3.38. The lowest BCUT2D eigenvalue weighted by Gasteiger charge is -2.11. The Balaban J connectivity index is 2.33. The summed E-state index contributed by atoms with van der Waals surface area (Å²) in [7, 11) is 0. The van der Waals surface area contributed by atoms with Crippen molar-refractivity contribution in [3.05, 3.63) is 58.3 Å². The Morgan fingerprint density at radius 1 is 1.12 bits per heavy atom. The van der Waals surface area contributed by atoms with Gasteiger partial charge in [0.15, 0.2) is 0 Å². The number of benzene rings is 2. The largest absolute Gasteiger partial charge is 0.456 e. The Kier molecular flexibility index (Phi) is 3.76. The van der Waals surface area contributed by atoms with Gasteiger partial charge in [-0.25, -0.2) is 4.39 Å². The van der Waals surface area contributed by atoms with Gasteiger partial charge in [0.2, 0.25) is 0 Å². The van der Waals surface area contributed by atoms with Crippen molar-refractivity contribution in [1.82, 2.24) is 0 Å². The van der Waals surface area contributed by atoms with Gasteiger partial charge in [-0.15, -0.1) is 0 Å². The van der Waals surface area contributed by atoms with Crippen LogP contribution in [0.1, 0.15) is 5.56 Å². The molecule has 2 aromatic carbocycles. The molecule has 17 heavy (non-hydrogen) atoms. The van der Waals surface area contributed by atoms with Gasteiger partial charge >= 0.3 is 0 Å². The fraction of sp³-hybridized carbons (Fsp3) is 0.0769. The monoisotopic (exact) mass is 295 g/mol. The van der Waals surface area contributed by atoms with Crippen LogP contribution in [0, 0.1) is 5.82 Å². The minimum Gasteiger partial charge on any atom is -0.456 e. The molecule has 0 aromatic heterocycles. The molecule has 88 valence electrons. The number of rotatable bonds is 3. The van der Waals surface area contributed by atoms with Gasteiger partial charge in [0.05, 0.1) is 4.47 Å². The highest BCUT2D eigenvalue weighted by Crippen LogP contribution is 2.31. The normalized spacial score (nSPS) is 10.3. The Bertz CT molecular complexity index is 531. The molecular weight excluding hydrogens is 285 g/mol. The average Bonchev–Trinajstić information content (AvgIpc) is 2.34. The van der Waals surface area contributed by atoms with Crippen molar-refractivity contribution < 1.29 is 9.13 Å². The molecule has 0 spiro atoms. The van der Waals surface area contributed by atoms with E-state index in [1.54, 1.807) is 6.07 Å². The summed E-state index contributed by atoms with van der Waals surface area (Å²) in [4.78, 5) is 0. The summed E-state index contributed by atoms with van der Waals surface area (Å²) in [5, 5.41) is 0. The van der Waals surface area contributed by atoms with Crippen molar-refractivity contribution in [2.75, 3.05) is 0 Å². The maximum atomic E-state index is 13.0. The van der Waals surface area contributed by atoms with E-state index in [-0.39, 0.29) is 12.4 Å². The molecule has 0 unspecified atom stereocenters. The first-order valence-electron chi connectivity index (χ1n) is 5.11. The minimum absolute atomic E-state index is 0.234. The van der Waals surface area contributed by atoms with E-state index in [1.807, 2.05) is 24.3 Å². The zero-order valence-electron chi connectivity index (χ0n) is 8.99. The molecule has 0 radical (unpaired) electrons. The van der Waals surface area contributed by atoms with Crippen molar-refractivity contribution in [3.63, 3.8) is 0 Å². The Labute approximate surface area is 107 Å². The Hall–Kier alpha value is -1.39. The summed E-state index contributed by atoms with van der Waals surface area (Å²) < 4.78 is 19.6. The summed E-state index contributed by atoms with van der Waals surface area (Å²) in [5.74, 6) is 0.930. The van der Waals surface area contributed by atoms with E-state index in [0.29, 0.717) is 17.1 Å². The van der Waals surface area contributed by atoms with E-state index in [1.165, 1.54) is 12.1 Å². The molecule has 2 aromatic rings. The van der Waals surface area contributed by atoms with Crippen LogP contribution in [0.4, 0.5) is 4.39 Å². The topological polar surface area (TPSA) is 35.2 Å². The molecule has 0 aliphatic heterocycles. The Morgan fingerprint density at radius 2 is 1.88 bits per heavy atom. The maximum absolute atomic E-state index is 13.0. The number of hydrogen-bond acceptors (Lipinski definition) is 2. The van der Waals surface area contributed by atoms with Crippen LogP contribution in [-0.4, -0.2) is 0 Å². The molecule has 0 heterocycles. The van der Waals surface area contributed by atoms with Crippen LogP contribution in [0.5, 0.6) is 11.5 Å². The van der Waals surface area contributed by atoms with Gasteiger partial charge in [-0.3, -0.25) is 0 Å². The van der Waals surface area contributed by atoms with Crippen molar-refractivity contribution in [3.8, 4) is 11.5 Å². The molecule has 0 atom stereocenters. The second kappa shape index (κ2) is 5.29. The average molecular weight is 296 g/mol. The summed E-state index contributed by atoms with van der Waals surface area (Å²) in [6.07, 6.45) is 0. The van der Waals surface area contributed by atoms with Crippen LogP contribution in [0.3, 0.4) is 0 Å². The quantitative estimate of drug-likeness (QED) is 0.934. The standard InChI is InChI=1S/C13H11BrFNO/c14-11-3-1-2-4-13(11)17-12-6-5-10(15)7-9(12)8-16/h1-7H,8,16H2. The van der Waals surface area contributed by atoms with E-state index in [0.717, 1.165) is 4.47 Å². The molecule has 2 rings (SSSR count). The molecule has 2 nitrogen and oxygen atoms in total. The van der Waals surface area contributed by atoms with Crippen LogP contribution in [0.2, 0.25) is 0 Å². The SMILES string of the molecule is NCc1cc(F)ccc1Oc1ccccc1Br. The molecule has 0 fully saturated rings. The molecule has 2 N–H and O–H groups in total. The van der Waals surface area contributed by atoms with Crippen LogP contribution in [-0.2, 0) is 6.54 Å². The van der Waals surface area contributed by atoms with Gasteiger partial charge < -0.3 is 10.5 Å². The molecule has 0 aliphatic carbocycles. The summed E-state index contributed by atoms with van der Waals surface area (Å²) in [6, 6.07) is 11.8. The van der Waals surface area contributed by atoms with Gasteiger partial charge in [0.25, 0.3) is 0 Å². The molecule has 4 heteroatoms. The van der Waals surface area contributed by atoms with Crippen molar-refractivity contribution >= 4 is 15.9 Å². The fourth-order valence-electron chi connectivity index (χ4n) is 1.45. The van der Waals surface area contributed by atoms with E-state index in [9.17, 15) is 4.39 Å². The fourth-order valence-corrected chi connectivity index (χ4v) is 1.82. The maximum Gasteiger partial charge on any atom is 0.141 e. The van der Waals surface area contributed by atoms with Crippen LogP contribution < -0.4 is 10.5 Å². The van der Waals surface area contributed by atoms with E-state index in [4.69, 9.17) is 10.5 Å². The molecule has 0 saturated heterocycles. The van der Waals surface area contributed by atoms with Gasteiger partial charge in [-0.05, 0) is 46.3 Å². The van der Waals surface area contributed by atoms with Crippen LogP contribution >= 0.6 is 15.9 Å². The van der Waals surface area contributed by atoms with E-state index < -0.39 is 0 Å². The van der Waals surface area contributed by atoms with Gasteiger partial charge in [0.1, 0.15) is 17.3 Å². The second-order valence-electron chi connectivity index (χ2n) is 3.49. The highest BCUT2D eigenvalue weighted by molar-refractivity contribution is 9.10. The van der Waals surface area contributed by atoms with Gasteiger partial charge in [-0.2, -0.15) is 0 Å². The van der Waals surface area contributed by atoms with Crippen molar-refractivity contribution in [2.24, 2.45) is 5.73 Å². The summed E-state index contributed by atoms with van der Waals surface area (Å²) in [5.41, 5.74) is 6.19. The number of para-hydroxylation sites is 1. The third-order valence-electron chi connectivity index (χ3n) is 2.30. The lowest BCUT2D eigenvalue weighted by molar-refractivity contribution is 0.471. The number of hydrogen-bond donors (Lipinski definition) is 1. The lowest BCUT2D eigenvalue weighted by atomic mass is 10.2. The van der Waals surface area contributed by atoms with Crippen LogP contribution in [0.25, 0.3) is 0 Å². The molecule has 0 bridgehead atoms. The summed E-state index contributed by atoms with van der Waals surface area (Å²) in [6.45, 7) is 0.234. The molecule has 0 aliphatic rings. The van der Waals surface area contributed by atoms with Gasteiger partial charge in [0, 0.05) is 12.1 Å². The van der Waals surface area contributed by atoms with E-state index in [2.05, 4.69) is 15.9 Å². The predicted molar refractivity (Wildman–Crippen MR) is 68.5 cm³/mol. The lowest BCUT2D eigenvalue weighted by Crippen LogP contribution is -2.00. The number of nitrogens with two attached hydrogens (primary N) is 1. The second-order valence-corrected chi connectivity index (χ2v) is 4.34. The highest BCUT2D eigenvalue weighted by atomic mass is 79.9. The predicted octanol–water partition coefficient (Wildman–Crippen LogP) is 3.84. The first kappa shape index (κ1) is 12.1. The first-order chi connectivity index (χ1) is 8.20. The number of ether oxygens (including phenoxy) is 1. The third kappa shape index (κ3) is 2.84. The molecule has 0 amide bonds.